The van der Waals surface area contributed by atoms with Gasteiger partial charge in [-0.05, 0) is 49.6 Å². The van der Waals surface area contributed by atoms with Crippen LogP contribution in [0.15, 0.2) is 41.5 Å². The highest BCUT2D eigenvalue weighted by Gasteiger charge is 2.14. The summed E-state index contributed by atoms with van der Waals surface area (Å²) in [5, 5.41) is 3.84. The van der Waals surface area contributed by atoms with E-state index in [0.29, 0.717) is 15.6 Å². The van der Waals surface area contributed by atoms with Gasteiger partial charge in [0.05, 0.1) is 28.3 Å². The summed E-state index contributed by atoms with van der Waals surface area (Å²) in [6.45, 7) is 5.84. The summed E-state index contributed by atoms with van der Waals surface area (Å²) in [6.07, 6.45) is 1.32. The molecule has 1 atom stereocenters. The fourth-order valence-corrected chi connectivity index (χ4v) is 3.41. The van der Waals surface area contributed by atoms with Crippen LogP contribution in [-0.2, 0) is 11.3 Å². The lowest BCUT2D eigenvalue weighted by Crippen LogP contribution is -2.34. The highest BCUT2D eigenvalue weighted by atomic mass is 35.5. The van der Waals surface area contributed by atoms with E-state index in [4.69, 9.17) is 23.2 Å². The predicted octanol–water partition coefficient (Wildman–Crippen LogP) is 4.20. The van der Waals surface area contributed by atoms with Crippen LogP contribution in [0.3, 0.4) is 0 Å². The number of hydrogen-bond donors (Lipinski definition) is 1. The molecule has 0 bridgehead atoms. The smallest absolute Gasteiger partial charge is 0.261 e. The molecule has 0 aliphatic heterocycles. The number of halogens is 2. The van der Waals surface area contributed by atoms with Crippen molar-refractivity contribution in [2.75, 3.05) is 0 Å². The first-order valence-electron chi connectivity index (χ1n) is 8.47. The third-order valence-electron chi connectivity index (χ3n) is 4.57. The van der Waals surface area contributed by atoms with Crippen LogP contribution < -0.4 is 10.9 Å². The zero-order chi connectivity index (χ0) is 19.7. The minimum atomic E-state index is -0.363. The molecule has 2 aromatic carbocycles. The van der Waals surface area contributed by atoms with Crippen molar-refractivity contribution in [1.82, 2.24) is 14.9 Å². The van der Waals surface area contributed by atoms with Gasteiger partial charge in [-0.15, -0.1) is 0 Å². The van der Waals surface area contributed by atoms with Crippen LogP contribution in [0.25, 0.3) is 10.9 Å². The number of aromatic nitrogens is 2. The van der Waals surface area contributed by atoms with Gasteiger partial charge in [-0.2, -0.15) is 0 Å². The Morgan fingerprint density at radius 1 is 1.19 bits per heavy atom. The molecule has 0 aliphatic rings. The van der Waals surface area contributed by atoms with Crippen LogP contribution in [0.2, 0.25) is 10.0 Å². The molecule has 3 rings (SSSR count). The number of rotatable bonds is 4. The van der Waals surface area contributed by atoms with Crippen molar-refractivity contribution in [1.29, 1.82) is 0 Å². The normalized spacial score (nSPS) is 12.2. The van der Waals surface area contributed by atoms with E-state index in [-0.39, 0.29) is 29.4 Å². The van der Waals surface area contributed by atoms with Crippen molar-refractivity contribution < 1.29 is 4.79 Å². The van der Waals surface area contributed by atoms with E-state index >= 15 is 0 Å². The summed E-state index contributed by atoms with van der Waals surface area (Å²) in [7, 11) is 0. The molecule has 140 valence electrons. The van der Waals surface area contributed by atoms with Gasteiger partial charge in [0, 0.05) is 5.02 Å². The van der Waals surface area contributed by atoms with E-state index < -0.39 is 0 Å². The number of carbonyl (C=O) groups is 1. The van der Waals surface area contributed by atoms with Gasteiger partial charge >= 0.3 is 0 Å². The van der Waals surface area contributed by atoms with Crippen LogP contribution in [0.4, 0.5) is 0 Å². The lowest BCUT2D eigenvalue weighted by molar-refractivity contribution is -0.122. The molecule has 0 radical (unpaired) electrons. The Kier molecular flexibility index (Phi) is 5.53. The van der Waals surface area contributed by atoms with Gasteiger partial charge in [0.2, 0.25) is 5.91 Å². The Morgan fingerprint density at radius 2 is 1.93 bits per heavy atom. The summed E-state index contributed by atoms with van der Waals surface area (Å²) in [4.78, 5) is 29.2. The quantitative estimate of drug-likeness (QED) is 0.709. The molecule has 0 fully saturated rings. The zero-order valence-electron chi connectivity index (χ0n) is 15.2. The average Bonchev–Trinajstić information content (AvgIpc) is 2.60. The zero-order valence-corrected chi connectivity index (χ0v) is 16.7. The molecule has 7 heteroatoms. The minimum Gasteiger partial charge on any atom is -0.348 e. The van der Waals surface area contributed by atoms with Gasteiger partial charge in [-0.3, -0.25) is 14.2 Å². The summed E-state index contributed by atoms with van der Waals surface area (Å²) in [5.41, 5.74) is 3.37. The van der Waals surface area contributed by atoms with Crippen LogP contribution in [0, 0.1) is 13.8 Å². The standard InChI is InChI=1S/C20H19Cl2N3O2/c1-11-4-5-14(6-12(11)2)13(3)24-18(26)9-25-10-23-19-16(20(25)27)7-15(21)8-17(19)22/h4-8,10,13H,9H2,1-3H3,(H,24,26)/t13-/m0/s1. The number of carbonyl (C=O) groups excluding carboxylic acids is 1. The number of benzene rings is 2. The Balaban J connectivity index is 1.80. The third kappa shape index (κ3) is 4.15. The van der Waals surface area contributed by atoms with Gasteiger partial charge in [0.15, 0.2) is 0 Å². The molecule has 1 N–H and O–H groups in total. The van der Waals surface area contributed by atoms with E-state index in [1.165, 1.54) is 28.6 Å². The summed E-state index contributed by atoms with van der Waals surface area (Å²) in [5.74, 6) is -0.280. The molecule has 5 nitrogen and oxygen atoms in total. The van der Waals surface area contributed by atoms with Crippen molar-refractivity contribution in [3.05, 3.63) is 73.7 Å². The molecule has 0 spiro atoms. The van der Waals surface area contributed by atoms with Gasteiger partial charge in [-0.1, -0.05) is 41.4 Å². The van der Waals surface area contributed by atoms with Crippen LogP contribution in [0.1, 0.15) is 29.7 Å². The SMILES string of the molecule is Cc1ccc([C@H](C)NC(=O)Cn2cnc3c(Cl)cc(Cl)cc3c2=O)cc1C. The molecule has 0 saturated heterocycles. The monoisotopic (exact) mass is 403 g/mol. The molecule has 27 heavy (non-hydrogen) atoms. The van der Waals surface area contributed by atoms with Crippen molar-refractivity contribution in [3.63, 3.8) is 0 Å². The topological polar surface area (TPSA) is 64.0 Å². The summed E-state index contributed by atoms with van der Waals surface area (Å²) >= 11 is 12.1. The second-order valence-electron chi connectivity index (χ2n) is 6.59. The maximum Gasteiger partial charge on any atom is 0.261 e. The first kappa shape index (κ1) is 19.4. The predicted molar refractivity (Wildman–Crippen MR) is 108 cm³/mol. The lowest BCUT2D eigenvalue weighted by Gasteiger charge is -2.16. The largest absolute Gasteiger partial charge is 0.348 e. The summed E-state index contributed by atoms with van der Waals surface area (Å²) in [6, 6.07) is 8.92. The second kappa shape index (κ2) is 7.71. The Hall–Kier alpha value is -2.37. The highest BCUT2D eigenvalue weighted by Crippen LogP contribution is 2.24. The fraction of sp³-hybridized carbons (Fsp3) is 0.250. The van der Waals surface area contributed by atoms with Gasteiger partial charge in [0.1, 0.15) is 6.54 Å². The first-order chi connectivity index (χ1) is 12.8. The van der Waals surface area contributed by atoms with Gasteiger partial charge < -0.3 is 5.32 Å². The lowest BCUT2D eigenvalue weighted by atomic mass is 10.0. The number of aryl methyl sites for hydroxylation is 2. The molecule has 0 saturated carbocycles. The number of amides is 1. The van der Waals surface area contributed by atoms with Crippen LogP contribution >= 0.6 is 23.2 Å². The molecular formula is C20H19Cl2N3O2. The number of nitrogens with zero attached hydrogens (tertiary/aromatic N) is 2. The molecule has 3 aromatic rings. The maximum atomic E-state index is 12.6. The van der Waals surface area contributed by atoms with E-state index in [0.717, 1.165) is 11.1 Å². The van der Waals surface area contributed by atoms with E-state index in [1.807, 2.05) is 39.0 Å². The highest BCUT2D eigenvalue weighted by molar-refractivity contribution is 6.38. The van der Waals surface area contributed by atoms with E-state index in [1.54, 1.807) is 0 Å². The fourth-order valence-electron chi connectivity index (χ4n) is 2.87. The minimum absolute atomic E-state index is 0.138. The van der Waals surface area contributed by atoms with Crippen molar-refractivity contribution in [3.8, 4) is 0 Å². The molecular weight excluding hydrogens is 385 g/mol. The summed E-state index contributed by atoms with van der Waals surface area (Å²) < 4.78 is 1.25. The van der Waals surface area contributed by atoms with Gasteiger partial charge in [-0.25, -0.2) is 4.98 Å². The Morgan fingerprint density at radius 3 is 2.63 bits per heavy atom. The van der Waals surface area contributed by atoms with Crippen LogP contribution in [-0.4, -0.2) is 15.5 Å². The maximum absolute atomic E-state index is 12.6. The molecule has 1 aromatic heterocycles. The number of hydrogen-bond acceptors (Lipinski definition) is 3. The molecule has 1 amide bonds. The second-order valence-corrected chi connectivity index (χ2v) is 7.44. The molecule has 0 unspecified atom stereocenters. The average molecular weight is 404 g/mol. The van der Waals surface area contributed by atoms with Crippen LogP contribution in [0.5, 0.6) is 0 Å². The number of fused-ring (bicyclic) bond motifs is 1. The van der Waals surface area contributed by atoms with E-state index in [2.05, 4.69) is 10.3 Å². The first-order valence-corrected chi connectivity index (χ1v) is 9.22. The van der Waals surface area contributed by atoms with Crippen molar-refractivity contribution >= 4 is 40.0 Å². The third-order valence-corrected chi connectivity index (χ3v) is 5.07. The Bertz CT molecular complexity index is 1090. The molecule has 1 heterocycles. The van der Waals surface area contributed by atoms with E-state index in [9.17, 15) is 9.59 Å². The molecule has 0 aliphatic carbocycles. The van der Waals surface area contributed by atoms with Crippen molar-refractivity contribution in [2.45, 2.75) is 33.4 Å². The van der Waals surface area contributed by atoms with Crippen molar-refractivity contribution in [2.24, 2.45) is 0 Å². The number of nitrogens with one attached hydrogen (secondary N) is 1. The Labute approximate surface area is 166 Å². The van der Waals surface area contributed by atoms with Gasteiger partial charge in [0.25, 0.3) is 5.56 Å².